The van der Waals surface area contributed by atoms with Crippen molar-refractivity contribution in [2.24, 2.45) is 5.29 Å². The molecule has 6 heteroatoms. The molecule has 0 rings (SSSR count). The van der Waals surface area contributed by atoms with Crippen molar-refractivity contribution in [3.05, 3.63) is 17.6 Å². The molecule has 0 aliphatic carbocycles. The zero-order valence-electron chi connectivity index (χ0n) is 5.08. The van der Waals surface area contributed by atoms with E-state index in [2.05, 4.69) is 11.9 Å². The maximum absolute atomic E-state index is 10.5. The molecule has 0 spiro atoms. The van der Waals surface area contributed by atoms with E-state index in [1.54, 1.807) is 5.43 Å². The summed E-state index contributed by atoms with van der Waals surface area (Å²) >= 11 is 5.26. The third kappa shape index (κ3) is 3.03. The van der Waals surface area contributed by atoms with Crippen molar-refractivity contribution < 1.29 is 4.79 Å². The number of amides is 2. The Morgan fingerprint density at radius 2 is 2.50 bits per heavy atom. The van der Waals surface area contributed by atoms with Crippen molar-refractivity contribution in [2.45, 2.75) is 0 Å². The molecule has 0 saturated heterocycles. The summed E-state index contributed by atoms with van der Waals surface area (Å²) in [6.45, 7) is 3.48. The van der Waals surface area contributed by atoms with E-state index in [-0.39, 0.29) is 6.54 Å². The molecular formula is C4H6ClN3O2. The molecule has 0 saturated carbocycles. The van der Waals surface area contributed by atoms with Crippen molar-refractivity contribution in [3.63, 3.8) is 0 Å². The summed E-state index contributed by atoms with van der Waals surface area (Å²) in [6, 6.07) is -0.767. The van der Waals surface area contributed by atoms with Gasteiger partial charge in [0.2, 0.25) is 0 Å². The lowest BCUT2D eigenvalue weighted by atomic mass is 10.6. The average molecular weight is 164 g/mol. The van der Waals surface area contributed by atoms with Crippen LogP contribution in [0.25, 0.3) is 0 Å². The van der Waals surface area contributed by atoms with Gasteiger partial charge in [0.1, 0.15) is 0 Å². The smallest absolute Gasteiger partial charge is 0.245 e. The van der Waals surface area contributed by atoms with E-state index in [4.69, 9.17) is 11.8 Å². The third-order valence-corrected chi connectivity index (χ3v) is 0.943. The largest absolute Gasteiger partial charge is 0.355 e. The molecule has 0 aromatic rings. The Morgan fingerprint density at radius 3 is 2.90 bits per heavy atom. The summed E-state index contributed by atoms with van der Waals surface area (Å²) in [7, 11) is 0. The van der Waals surface area contributed by atoms with Crippen LogP contribution in [-0.2, 0) is 0 Å². The first-order chi connectivity index (χ1) is 4.72. The van der Waals surface area contributed by atoms with Crippen LogP contribution in [0.4, 0.5) is 4.79 Å². The van der Waals surface area contributed by atoms with E-state index in [0.29, 0.717) is 0 Å². The third-order valence-electron chi connectivity index (χ3n) is 0.651. The second kappa shape index (κ2) is 4.75. The Hall–Kier alpha value is -1.10. The molecule has 0 unspecified atom stereocenters. The molecule has 0 aliphatic heterocycles. The molecule has 5 nitrogen and oxygen atoms in total. The molecule has 0 atom stereocenters. The van der Waals surface area contributed by atoms with Crippen LogP contribution >= 0.6 is 11.8 Å². The first kappa shape index (κ1) is 8.90. The highest BCUT2D eigenvalue weighted by atomic mass is 35.5. The van der Waals surface area contributed by atoms with Crippen molar-refractivity contribution in [1.29, 1.82) is 0 Å². The number of nitrogens with one attached hydrogen (secondary N) is 1. The van der Waals surface area contributed by atoms with E-state index < -0.39 is 6.03 Å². The molecule has 0 radical (unpaired) electrons. The van der Waals surface area contributed by atoms with Crippen LogP contribution in [0.1, 0.15) is 0 Å². The lowest BCUT2D eigenvalue weighted by molar-refractivity contribution is 0.227. The van der Waals surface area contributed by atoms with Crippen molar-refractivity contribution in [3.8, 4) is 0 Å². The molecule has 0 aromatic carbocycles. The Labute approximate surface area is 62.7 Å². The summed E-state index contributed by atoms with van der Waals surface area (Å²) in [5.41, 5.74) is 1.61. The molecule has 10 heavy (non-hydrogen) atoms. The minimum absolute atomic E-state index is 0.156. The van der Waals surface area contributed by atoms with Crippen LogP contribution in [0.2, 0.25) is 0 Å². The molecule has 0 fully saturated rings. The van der Waals surface area contributed by atoms with Gasteiger partial charge in [-0.2, -0.15) is 5.43 Å². The highest BCUT2D eigenvalue weighted by Gasteiger charge is 2.06. The standard InChI is InChI=1S/C4H6ClN3O2/c1-2-3-8(5)4(9)6-7-10/h2H,1,3H2,(H,6,9,10). The van der Waals surface area contributed by atoms with Gasteiger partial charge in [0, 0.05) is 11.8 Å². The maximum atomic E-state index is 10.5. The van der Waals surface area contributed by atoms with Crippen molar-refractivity contribution in [2.75, 3.05) is 6.54 Å². The highest BCUT2D eigenvalue weighted by Crippen LogP contribution is 1.93. The fraction of sp³-hybridized carbons (Fsp3) is 0.250. The minimum atomic E-state index is -0.767. The molecule has 2 amide bonds. The number of hydrogen-bond acceptors (Lipinski definition) is 3. The van der Waals surface area contributed by atoms with Gasteiger partial charge in [-0.15, -0.1) is 11.5 Å². The molecular weight excluding hydrogens is 158 g/mol. The van der Waals surface area contributed by atoms with Crippen molar-refractivity contribution >= 4 is 17.8 Å². The van der Waals surface area contributed by atoms with E-state index in [1.807, 2.05) is 0 Å². The predicted molar refractivity (Wildman–Crippen MR) is 37.1 cm³/mol. The number of hydrogen-bond donors (Lipinski definition) is 1. The fourth-order valence-electron chi connectivity index (χ4n) is 0.290. The summed E-state index contributed by atoms with van der Waals surface area (Å²) in [5.74, 6) is 0. The zero-order chi connectivity index (χ0) is 7.98. The lowest BCUT2D eigenvalue weighted by Crippen LogP contribution is -2.30. The van der Waals surface area contributed by atoms with E-state index >= 15 is 0 Å². The number of carbonyl (C=O) groups excluding carboxylic acids is 1. The van der Waals surface area contributed by atoms with Crippen LogP contribution < -0.4 is 5.43 Å². The molecule has 56 valence electrons. The van der Waals surface area contributed by atoms with Gasteiger partial charge in [0.25, 0.3) is 0 Å². The summed E-state index contributed by atoms with van der Waals surface area (Å²) < 4.78 is 0.744. The molecule has 1 N–H and O–H groups in total. The number of rotatable bonds is 3. The second-order valence-corrected chi connectivity index (χ2v) is 1.75. The monoisotopic (exact) mass is 163 g/mol. The normalized spacial score (nSPS) is 8.10. The number of urea groups is 1. The van der Waals surface area contributed by atoms with Gasteiger partial charge in [-0.05, 0) is 0 Å². The highest BCUT2D eigenvalue weighted by molar-refractivity contribution is 6.21. The number of nitroso groups, excluding NO2 is 1. The summed E-state index contributed by atoms with van der Waals surface area (Å²) in [6.07, 6.45) is 1.41. The van der Waals surface area contributed by atoms with Gasteiger partial charge < -0.3 is 0 Å². The van der Waals surface area contributed by atoms with Gasteiger partial charge in [0.15, 0.2) is 0 Å². The summed E-state index contributed by atoms with van der Waals surface area (Å²) in [4.78, 5) is 19.9. The van der Waals surface area contributed by atoms with Crippen LogP contribution in [-0.4, -0.2) is 17.0 Å². The zero-order valence-corrected chi connectivity index (χ0v) is 5.84. The predicted octanol–water partition coefficient (Wildman–Crippen LogP) is 1.02. The van der Waals surface area contributed by atoms with Gasteiger partial charge >= 0.3 is 6.03 Å². The number of halogens is 1. The van der Waals surface area contributed by atoms with Gasteiger partial charge in [0.05, 0.1) is 11.8 Å². The lowest BCUT2D eigenvalue weighted by Gasteiger charge is -2.07. The van der Waals surface area contributed by atoms with Gasteiger partial charge in [-0.25, -0.2) is 9.21 Å². The Kier molecular flexibility index (Phi) is 4.23. The number of carbonyl (C=O) groups is 1. The minimum Gasteiger partial charge on any atom is -0.245 e. The first-order valence-corrected chi connectivity index (χ1v) is 2.72. The fourth-order valence-corrected chi connectivity index (χ4v) is 0.425. The maximum Gasteiger partial charge on any atom is 0.355 e. The summed E-state index contributed by atoms with van der Waals surface area (Å²) in [5, 5.41) is 2.13. The van der Waals surface area contributed by atoms with Gasteiger partial charge in [-0.3, -0.25) is 0 Å². The van der Waals surface area contributed by atoms with Crippen LogP contribution in [0.5, 0.6) is 0 Å². The van der Waals surface area contributed by atoms with Crippen LogP contribution in [0.15, 0.2) is 17.9 Å². The van der Waals surface area contributed by atoms with E-state index in [9.17, 15) is 9.70 Å². The molecule has 0 aromatic heterocycles. The first-order valence-electron chi connectivity index (χ1n) is 2.39. The van der Waals surface area contributed by atoms with Crippen LogP contribution in [0.3, 0.4) is 0 Å². The van der Waals surface area contributed by atoms with E-state index in [0.717, 1.165) is 4.42 Å². The molecule has 0 heterocycles. The van der Waals surface area contributed by atoms with Crippen LogP contribution in [0, 0.1) is 4.91 Å². The Morgan fingerprint density at radius 1 is 1.90 bits per heavy atom. The topological polar surface area (TPSA) is 61.8 Å². The van der Waals surface area contributed by atoms with Crippen molar-refractivity contribution in [1.82, 2.24) is 9.84 Å². The molecule has 0 aliphatic rings. The molecule has 0 bridgehead atoms. The number of nitrogens with zero attached hydrogens (tertiary/aromatic N) is 2. The Bertz CT molecular complexity index is 149. The Balaban J connectivity index is 3.68. The average Bonchev–Trinajstić information content (AvgIpc) is 1.89. The van der Waals surface area contributed by atoms with E-state index in [1.165, 1.54) is 6.08 Å². The SMILES string of the molecule is C=CCN(Cl)C(=O)NN=O. The second-order valence-electron chi connectivity index (χ2n) is 1.34. The quantitative estimate of drug-likeness (QED) is 0.292. The van der Waals surface area contributed by atoms with Gasteiger partial charge in [-0.1, -0.05) is 6.08 Å².